The Bertz CT molecular complexity index is 48.1. The minimum absolute atomic E-state index is 0. The number of hydrogen-bond donors (Lipinski definition) is 3. The Hall–Kier alpha value is -0.120. The molecule has 0 aromatic rings. The van der Waals surface area contributed by atoms with Gasteiger partial charge in [0.05, 0.1) is 12.2 Å². The van der Waals surface area contributed by atoms with Crippen LogP contribution in [0.3, 0.4) is 0 Å². The molecule has 0 saturated carbocycles. The molecule has 0 saturated heterocycles. The van der Waals surface area contributed by atoms with E-state index in [1.54, 1.807) is 13.8 Å². The second kappa shape index (κ2) is 12.5. The van der Waals surface area contributed by atoms with Gasteiger partial charge in [0.25, 0.3) is 0 Å². The van der Waals surface area contributed by atoms with Crippen molar-refractivity contribution in [2.24, 2.45) is 0 Å². The van der Waals surface area contributed by atoms with Gasteiger partial charge in [-0.2, -0.15) is 0 Å². The standard InChI is InChI=1S/2C4H10O.H3N/c2*1-3-4(2)5;/h2*4-5H,3H2,1-2H3;1H3. The Kier molecular flexibility index (Phi) is 19.5. The molecule has 0 bridgehead atoms. The predicted octanol–water partition coefficient (Wildman–Crippen LogP) is 1.72. The highest BCUT2D eigenvalue weighted by atomic mass is 16.3. The third-order valence-corrected chi connectivity index (χ3v) is 1.18. The molecule has 0 spiro atoms. The molecule has 3 heteroatoms. The van der Waals surface area contributed by atoms with Crippen molar-refractivity contribution < 1.29 is 10.2 Å². The lowest BCUT2D eigenvalue weighted by molar-refractivity contribution is 0.190. The largest absolute Gasteiger partial charge is 0.393 e. The van der Waals surface area contributed by atoms with Gasteiger partial charge in [0.15, 0.2) is 0 Å². The molecule has 2 unspecified atom stereocenters. The van der Waals surface area contributed by atoms with Crippen LogP contribution in [0.4, 0.5) is 0 Å². The molecule has 0 radical (unpaired) electrons. The van der Waals surface area contributed by atoms with Crippen LogP contribution in [0.25, 0.3) is 0 Å². The lowest BCUT2D eigenvalue weighted by atomic mass is 10.3. The first kappa shape index (κ1) is 17.1. The molecule has 0 aromatic carbocycles. The first-order valence-electron chi connectivity index (χ1n) is 3.90. The monoisotopic (exact) mass is 165 g/mol. The van der Waals surface area contributed by atoms with E-state index < -0.39 is 0 Å². The smallest absolute Gasteiger partial charge is 0.0509 e. The van der Waals surface area contributed by atoms with Gasteiger partial charge in [-0.05, 0) is 26.7 Å². The average Bonchev–Trinajstić information content (AvgIpc) is 1.89. The van der Waals surface area contributed by atoms with Crippen LogP contribution in [0.2, 0.25) is 0 Å². The van der Waals surface area contributed by atoms with E-state index in [0.717, 1.165) is 12.8 Å². The summed E-state index contributed by atoms with van der Waals surface area (Å²) in [7, 11) is 0. The van der Waals surface area contributed by atoms with E-state index in [0.29, 0.717) is 0 Å². The first-order chi connectivity index (χ1) is 4.54. The van der Waals surface area contributed by atoms with Crippen molar-refractivity contribution in [1.29, 1.82) is 0 Å². The van der Waals surface area contributed by atoms with Gasteiger partial charge < -0.3 is 16.4 Å². The predicted molar refractivity (Wildman–Crippen MR) is 49.0 cm³/mol. The van der Waals surface area contributed by atoms with Crippen LogP contribution < -0.4 is 6.15 Å². The maximum Gasteiger partial charge on any atom is 0.0509 e. The van der Waals surface area contributed by atoms with E-state index >= 15 is 0 Å². The topological polar surface area (TPSA) is 75.5 Å². The highest BCUT2D eigenvalue weighted by Gasteiger charge is 1.82. The quantitative estimate of drug-likeness (QED) is 0.583. The normalized spacial score (nSPS) is 13.6. The Balaban J connectivity index is -0.000000107. The van der Waals surface area contributed by atoms with Crippen molar-refractivity contribution in [3.05, 3.63) is 0 Å². The summed E-state index contributed by atoms with van der Waals surface area (Å²) in [5.74, 6) is 0. The van der Waals surface area contributed by atoms with Crippen LogP contribution in [-0.2, 0) is 0 Å². The molecule has 0 heterocycles. The average molecular weight is 165 g/mol. The summed E-state index contributed by atoms with van der Waals surface area (Å²) in [6.07, 6.45) is 1.49. The number of rotatable bonds is 2. The molecule has 0 aromatic heterocycles. The molecule has 11 heavy (non-hydrogen) atoms. The van der Waals surface area contributed by atoms with Gasteiger partial charge in [-0.25, -0.2) is 0 Å². The molecule has 0 fully saturated rings. The van der Waals surface area contributed by atoms with Gasteiger partial charge in [-0.1, -0.05) is 13.8 Å². The third kappa shape index (κ3) is 40.8. The van der Waals surface area contributed by atoms with Crippen LogP contribution in [0, 0.1) is 0 Å². The van der Waals surface area contributed by atoms with E-state index in [-0.39, 0.29) is 18.4 Å². The van der Waals surface area contributed by atoms with Gasteiger partial charge in [0.2, 0.25) is 0 Å². The summed E-state index contributed by atoms with van der Waals surface area (Å²) >= 11 is 0. The molecular weight excluding hydrogens is 142 g/mol. The Morgan fingerprint density at radius 2 is 1.00 bits per heavy atom. The molecule has 0 aliphatic heterocycles. The van der Waals surface area contributed by atoms with Crippen LogP contribution in [0.1, 0.15) is 40.5 Å². The maximum absolute atomic E-state index is 8.36. The summed E-state index contributed by atoms with van der Waals surface area (Å²) < 4.78 is 0. The summed E-state index contributed by atoms with van der Waals surface area (Å²) in [4.78, 5) is 0. The van der Waals surface area contributed by atoms with Crippen molar-refractivity contribution in [2.45, 2.75) is 52.7 Å². The van der Waals surface area contributed by atoms with Crippen molar-refractivity contribution >= 4 is 0 Å². The molecule has 2 atom stereocenters. The van der Waals surface area contributed by atoms with Gasteiger partial charge in [-0.3, -0.25) is 0 Å². The summed E-state index contributed by atoms with van der Waals surface area (Å²) in [5.41, 5.74) is 0. The molecule has 5 N–H and O–H groups in total. The highest BCUT2D eigenvalue weighted by Crippen LogP contribution is 1.82. The van der Waals surface area contributed by atoms with E-state index in [2.05, 4.69) is 0 Å². The van der Waals surface area contributed by atoms with E-state index in [9.17, 15) is 0 Å². The van der Waals surface area contributed by atoms with Crippen molar-refractivity contribution in [3.63, 3.8) is 0 Å². The molecule has 3 nitrogen and oxygen atoms in total. The van der Waals surface area contributed by atoms with Gasteiger partial charge >= 0.3 is 0 Å². The zero-order valence-corrected chi connectivity index (χ0v) is 8.17. The zero-order chi connectivity index (χ0) is 8.57. The van der Waals surface area contributed by atoms with Crippen molar-refractivity contribution in [2.75, 3.05) is 0 Å². The van der Waals surface area contributed by atoms with Gasteiger partial charge in [0.1, 0.15) is 0 Å². The lowest BCUT2D eigenvalue weighted by Crippen LogP contribution is -1.93. The number of aliphatic hydroxyl groups is 2. The second-order valence-corrected chi connectivity index (χ2v) is 2.51. The number of aliphatic hydroxyl groups excluding tert-OH is 2. The molecule has 0 amide bonds. The van der Waals surface area contributed by atoms with Crippen LogP contribution in [0.5, 0.6) is 0 Å². The summed E-state index contributed by atoms with van der Waals surface area (Å²) in [5, 5.41) is 16.7. The zero-order valence-electron chi connectivity index (χ0n) is 8.17. The first-order valence-corrected chi connectivity index (χ1v) is 3.90. The lowest BCUT2D eigenvalue weighted by Gasteiger charge is -1.90. The van der Waals surface area contributed by atoms with Gasteiger partial charge in [-0.15, -0.1) is 0 Å². The fourth-order valence-electron chi connectivity index (χ4n) is 0. The molecule has 0 aliphatic carbocycles. The fraction of sp³-hybridized carbons (Fsp3) is 1.00. The van der Waals surface area contributed by atoms with E-state index in [4.69, 9.17) is 10.2 Å². The number of hydrogen-bond acceptors (Lipinski definition) is 3. The van der Waals surface area contributed by atoms with Crippen LogP contribution in [-0.4, -0.2) is 22.4 Å². The minimum atomic E-state index is -0.116. The Labute approximate surface area is 70.0 Å². The summed E-state index contributed by atoms with van der Waals surface area (Å²) in [6.45, 7) is 7.45. The summed E-state index contributed by atoms with van der Waals surface area (Å²) in [6, 6.07) is 0. The molecule has 0 aliphatic rings. The van der Waals surface area contributed by atoms with Crippen LogP contribution >= 0.6 is 0 Å². The second-order valence-electron chi connectivity index (χ2n) is 2.51. The Morgan fingerprint density at radius 3 is 1.00 bits per heavy atom. The molecule has 0 rings (SSSR count). The van der Waals surface area contributed by atoms with Crippen LogP contribution in [0.15, 0.2) is 0 Å². The highest BCUT2D eigenvalue weighted by molar-refractivity contribution is 4.34. The van der Waals surface area contributed by atoms with E-state index in [1.165, 1.54) is 0 Å². The minimum Gasteiger partial charge on any atom is -0.393 e. The van der Waals surface area contributed by atoms with Gasteiger partial charge in [0, 0.05) is 0 Å². The SMILES string of the molecule is CCC(C)O.CCC(C)O.N. The Morgan fingerprint density at radius 1 is 0.909 bits per heavy atom. The molecular formula is C8H23NO2. The van der Waals surface area contributed by atoms with Crippen molar-refractivity contribution in [1.82, 2.24) is 6.15 Å². The van der Waals surface area contributed by atoms with E-state index in [1.807, 2.05) is 13.8 Å². The maximum atomic E-state index is 8.36. The fourth-order valence-corrected chi connectivity index (χ4v) is 0. The third-order valence-electron chi connectivity index (χ3n) is 1.18. The van der Waals surface area contributed by atoms with Crippen molar-refractivity contribution in [3.8, 4) is 0 Å². The molecule has 72 valence electrons.